The first kappa shape index (κ1) is 23.1. The van der Waals surface area contributed by atoms with Crippen molar-refractivity contribution in [2.75, 3.05) is 0 Å². The Labute approximate surface area is 204 Å². The summed E-state index contributed by atoms with van der Waals surface area (Å²) in [4.78, 5) is 12.3. The van der Waals surface area contributed by atoms with Crippen LogP contribution in [0, 0.1) is 0 Å². The fraction of sp³-hybridized carbons (Fsp3) is 0.0833. The number of carbonyl (C=O) groups is 1. The topological polar surface area (TPSA) is 86.9 Å². The molecule has 3 N–H and O–H groups in total. The van der Waals surface area contributed by atoms with Crippen LogP contribution in [0.1, 0.15) is 27.0 Å². The number of aliphatic hydroxyl groups is 1. The summed E-state index contributed by atoms with van der Waals surface area (Å²) in [6.45, 7) is 0.341. The number of hydrogen-bond acceptors (Lipinski definition) is 4. The number of benzene rings is 3. The van der Waals surface area contributed by atoms with Gasteiger partial charge in [-0.25, -0.2) is 5.43 Å². The molecule has 1 amide bonds. The van der Waals surface area contributed by atoms with Crippen molar-refractivity contribution in [2.45, 2.75) is 13.2 Å². The Kier molecular flexibility index (Phi) is 6.91. The van der Waals surface area contributed by atoms with Crippen LogP contribution in [-0.2, 0) is 13.2 Å². The first-order valence-electron chi connectivity index (χ1n) is 9.85. The van der Waals surface area contributed by atoms with Crippen LogP contribution in [0.2, 0.25) is 15.1 Å². The van der Waals surface area contributed by atoms with Gasteiger partial charge in [-0.1, -0.05) is 53.0 Å². The highest BCUT2D eigenvalue weighted by atomic mass is 35.5. The number of aliphatic hydroxyl groups excluding tert-OH is 1. The Balaban J connectivity index is 1.54. The van der Waals surface area contributed by atoms with E-state index >= 15 is 0 Å². The summed E-state index contributed by atoms with van der Waals surface area (Å²) in [6.07, 6.45) is 3.51. The quantitative estimate of drug-likeness (QED) is 0.236. The van der Waals surface area contributed by atoms with E-state index in [9.17, 15) is 15.0 Å². The Morgan fingerprint density at radius 2 is 1.88 bits per heavy atom. The number of hydrazone groups is 1. The van der Waals surface area contributed by atoms with Crippen molar-refractivity contribution < 1.29 is 15.0 Å². The molecular formula is C24H18Cl3N3O3. The number of hydrogen-bond donors (Lipinski definition) is 3. The van der Waals surface area contributed by atoms with E-state index < -0.39 is 5.91 Å². The third-order valence-electron chi connectivity index (χ3n) is 5.11. The van der Waals surface area contributed by atoms with E-state index in [1.54, 1.807) is 12.3 Å². The monoisotopic (exact) mass is 501 g/mol. The lowest BCUT2D eigenvalue weighted by atomic mass is 10.1. The van der Waals surface area contributed by atoms with Crippen LogP contribution in [0.4, 0.5) is 0 Å². The number of phenols is 1. The third kappa shape index (κ3) is 4.99. The molecule has 4 rings (SSSR count). The standard InChI is InChI=1S/C24H18Cl3N3O3/c25-19-10-15(4-5-22(19)32)24(33)29-28-11-16-2-1-3-21-18(16)6-7-30(21)12-14-8-17(13-31)23(27)20(26)9-14/h1-11,31-32H,12-13H2,(H,29,33). The SMILES string of the molecule is O=C(NN=Cc1cccc2c1ccn2Cc1cc(Cl)c(Cl)c(CO)c1)c1ccc(O)c(Cl)c1. The lowest BCUT2D eigenvalue weighted by Crippen LogP contribution is -2.17. The molecule has 0 spiro atoms. The van der Waals surface area contributed by atoms with Crippen molar-refractivity contribution >= 4 is 57.8 Å². The predicted octanol–water partition coefficient (Wildman–Crippen LogP) is 5.61. The summed E-state index contributed by atoms with van der Waals surface area (Å²) in [5, 5.41) is 24.8. The number of phenolic OH excluding ortho intramolecular Hbond substituents is 1. The van der Waals surface area contributed by atoms with Crippen LogP contribution >= 0.6 is 34.8 Å². The molecule has 0 aliphatic heterocycles. The second-order valence-corrected chi connectivity index (χ2v) is 8.49. The molecular weight excluding hydrogens is 485 g/mol. The van der Waals surface area contributed by atoms with Gasteiger partial charge in [0.05, 0.1) is 27.9 Å². The number of halogens is 3. The third-order valence-corrected chi connectivity index (χ3v) is 6.26. The lowest BCUT2D eigenvalue weighted by molar-refractivity contribution is 0.0955. The van der Waals surface area contributed by atoms with Crippen molar-refractivity contribution in [1.82, 2.24) is 9.99 Å². The van der Waals surface area contributed by atoms with Gasteiger partial charge in [-0.15, -0.1) is 0 Å². The Morgan fingerprint density at radius 1 is 1.06 bits per heavy atom. The van der Waals surface area contributed by atoms with Gasteiger partial charge < -0.3 is 14.8 Å². The van der Waals surface area contributed by atoms with E-state index in [1.807, 2.05) is 41.1 Å². The van der Waals surface area contributed by atoms with Crippen molar-refractivity contribution in [2.24, 2.45) is 5.10 Å². The molecule has 168 valence electrons. The molecule has 0 saturated carbocycles. The summed E-state index contributed by atoms with van der Waals surface area (Å²) < 4.78 is 2.05. The maximum Gasteiger partial charge on any atom is 0.271 e. The molecule has 6 nitrogen and oxygen atoms in total. The smallest absolute Gasteiger partial charge is 0.271 e. The van der Waals surface area contributed by atoms with Gasteiger partial charge in [-0.05, 0) is 47.5 Å². The van der Waals surface area contributed by atoms with Crippen molar-refractivity contribution in [3.05, 3.63) is 98.1 Å². The van der Waals surface area contributed by atoms with E-state index in [2.05, 4.69) is 10.5 Å². The minimum Gasteiger partial charge on any atom is -0.506 e. The molecule has 0 fully saturated rings. The number of rotatable bonds is 6. The summed E-state index contributed by atoms with van der Waals surface area (Å²) in [7, 11) is 0. The molecule has 0 atom stereocenters. The number of carbonyl (C=O) groups excluding carboxylic acids is 1. The second kappa shape index (κ2) is 9.85. The predicted molar refractivity (Wildman–Crippen MR) is 132 cm³/mol. The molecule has 1 heterocycles. The van der Waals surface area contributed by atoms with Gasteiger partial charge in [0, 0.05) is 34.8 Å². The van der Waals surface area contributed by atoms with E-state index in [0.717, 1.165) is 22.0 Å². The average molecular weight is 503 g/mol. The molecule has 0 bridgehead atoms. The van der Waals surface area contributed by atoms with Gasteiger partial charge in [-0.2, -0.15) is 5.10 Å². The van der Waals surface area contributed by atoms with E-state index in [4.69, 9.17) is 34.8 Å². The maximum absolute atomic E-state index is 12.3. The van der Waals surface area contributed by atoms with Gasteiger partial charge in [0.2, 0.25) is 0 Å². The summed E-state index contributed by atoms with van der Waals surface area (Å²) in [6, 6.07) is 15.5. The number of amides is 1. The van der Waals surface area contributed by atoms with Crippen molar-refractivity contribution in [1.29, 1.82) is 0 Å². The number of fused-ring (bicyclic) bond motifs is 1. The molecule has 33 heavy (non-hydrogen) atoms. The molecule has 4 aromatic rings. The highest BCUT2D eigenvalue weighted by Gasteiger charge is 2.10. The van der Waals surface area contributed by atoms with Crippen LogP contribution in [0.25, 0.3) is 10.9 Å². The largest absolute Gasteiger partial charge is 0.506 e. The van der Waals surface area contributed by atoms with Crippen LogP contribution in [-0.4, -0.2) is 26.9 Å². The minimum atomic E-state index is -0.447. The van der Waals surface area contributed by atoms with E-state index in [0.29, 0.717) is 22.2 Å². The number of nitrogens with one attached hydrogen (secondary N) is 1. The van der Waals surface area contributed by atoms with Crippen LogP contribution in [0.5, 0.6) is 5.75 Å². The highest BCUT2D eigenvalue weighted by Crippen LogP contribution is 2.29. The lowest BCUT2D eigenvalue weighted by Gasteiger charge is -2.10. The Morgan fingerprint density at radius 3 is 2.64 bits per heavy atom. The first-order valence-corrected chi connectivity index (χ1v) is 11.0. The highest BCUT2D eigenvalue weighted by molar-refractivity contribution is 6.42. The van der Waals surface area contributed by atoms with Gasteiger partial charge in [0.1, 0.15) is 5.75 Å². The van der Waals surface area contributed by atoms with E-state index in [-0.39, 0.29) is 22.9 Å². The molecule has 0 aliphatic rings. The van der Waals surface area contributed by atoms with Gasteiger partial charge in [0.15, 0.2) is 0 Å². The zero-order valence-corrected chi connectivity index (χ0v) is 19.4. The molecule has 9 heteroatoms. The zero-order chi connectivity index (χ0) is 23.5. The molecule has 0 aliphatic carbocycles. The molecule has 3 aromatic carbocycles. The fourth-order valence-electron chi connectivity index (χ4n) is 3.48. The van der Waals surface area contributed by atoms with Crippen LogP contribution < -0.4 is 5.43 Å². The van der Waals surface area contributed by atoms with E-state index in [1.165, 1.54) is 18.2 Å². The number of nitrogens with zero attached hydrogens (tertiary/aromatic N) is 2. The number of aromatic hydroxyl groups is 1. The molecule has 0 unspecified atom stereocenters. The first-order chi connectivity index (χ1) is 15.9. The molecule has 0 radical (unpaired) electrons. The number of aromatic nitrogens is 1. The summed E-state index contributed by atoms with van der Waals surface area (Å²) in [5.41, 5.74) is 6.01. The van der Waals surface area contributed by atoms with Crippen LogP contribution in [0.15, 0.2) is 65.9 Å². The Hall–Kier alpha value is -3.03. The Bertz CT molecular complexity index is 1380. The molecule has 0 saturated heterocycles. The summed E-state index contributed by atoms with van der Waals surface area (Å²) >= 11 is 18.2. The minimum absolute atomic E-state index is 0.0887. The van der Waals surface area contributed by atoms with Gasteiger partial charge in [0.25, 0.3) is 5.91 Å². The zero-order valence-electron chi connectivity index (χ0n) is 17.1. The fourth-order valence-corrected chi connectivity index (χ4v) is 4.09. The van der Waals surface area contributed by atoms with Crippen molar-refractivity contribution in [3.8, 4) is 5.75 Å². The van der Waals surface area contributed by atoms with Gasteiger partial charge in [-0.3, -0.25) is 4.79 Å². The van der Waals surface area contributed by atoms with Crippen LogP contribution in [0.3, 0.4) is 0 Å². The maximum atomic E-state index is 12.3. The molecule has 1 aromatic heterocycles. The normalized spacial score (nSPS) is 11.4. The van der Waals surface area contributed by atoms with Gasteiger partial charge >= 0.3 is 0 Å². The second-order valence-electron chi connectivity index (χ2n) is 7.30. The van der Waals surface area contributed by atoms with Crippen molar-refractivity contribution in [3.63, 3.8) is 0 Å². The average Bonchev–Trinajstić information content (AvgIpc) is 3.21. The summed E-state index contributed by atoms with van der Waals surface area (Å²) in [5.74, 6) is -0.543.